The SMILES string of the molecule is [2H]c1c([2H])c([2H])c2c(c1[2H])c1c(-c3cccc(C4=NC(c5ccc6c(c5)oc5ccccc56)N=C(c5ccccc5)N4)c3)c([2H])c([2H])c([2H])c1n2-c1ccccc1. The number of hydrogen-bond donors (Lipinski definition) is 1. The summed E-state index contributed by atoms with van der Waals surface area (Å²) in [6, 6.07) is 37.9. The van der Waals surface area contributed by atoms with Crippen molar-refractivity contribution in [3.8, 4) is 16.8 Å². The van der Waals surface area contributed by atoms with Crippen LogP contribution in [0.15, 0.2) is 184 Å². The first-order chi connectivity index (χ1) is 27.7. The quantitative estimate of drug-likeness (QED) is 0.202. The van der Waals surface area contributed by atoms with Crippen LogP contribution in [-0.4, -0.2) is 16.2 Å². The van der Waals surface area contributed by atoms with Crippen molar-refractivity contribution >= 4 is 55.4 Å². The van der Waals surface area contributed by atoms with Crippen molar-refractivity contribution in [3.05, 3.63) is 186 Å². The number of hydrogen-bond acceptors (Lipinski definition) is 4. The van der Waals surface area contributed by atoms with Crippen LogP contribution in [0.4, 0.5) is 0 Å². The van der Waals surface area contributed by atoms with Crippen LogP contribution in [0.5, 0.6) is 0 Å². The third kappa shape index (κ3) is 4.63. The summed E-state index contributed by atoms with van der Waals surface area (Å²) < 4.78 is 70.6. The minimum absolute atomic E-state index is 0.171. The van der Waals surface area contributed by atoms with E-state index in [1.165, 1.54) is 0 Å². The summed E-state index contributed by atoms with van der Waals surface area (Å²) in [4.78, 5) is 10.1. The van der Waals surface area contributed by atoms with Crippen LogP contribution >= 0.6 is 0 Å². The van der Waals surface area contributed by atoms with E-state index in [9.17, 15) is 1.37 Å². The lowest BCUT2D eigenvalue weighted by Gasteiger charge is -2.22. The summed E-state index contributed by atoms with van der Waals surface area (Å²) >= 11 is 0. The molecular weight excluding hydrogens is 613 g/mol. The summed E-state index contributed by atoms with van der Waals surface area (Å²) in [5.41, 5.74) is 5.62. The van der Waals surface area contributed by atoms with Crippen LogP contribution in [0.25, 0.3) is 60.6 Å². The Hall–Kier alpha value is -6.72. The number of nitrogens with one attached hydrogen (secondary N) is 1. The molecule has 0 fully saturated rings. The number of fused-ring (bicyclic) bond motifs is 6. The number of benzene rings is 7. The summed E-state index contributed by atoms with van der Waals surface area (Å²) in [5, 5.41) is 5.93. The van der Waals surface area contributed by atoms with Gasteiger partial charge < -0.3 is 14.3 Å². The van der Waals surface area contributed by atoms with Crippen molar-refractivity contribution in [1.82, 2.24) is 9.88 Å². The Morgan fingerprint density at radius 1 is 0.560 bits per heavy atom. The second-order valence-electron chi connectivity index (χ2n) is 12.1. The Kier molecular flexibility index (Phi) is 5.05. The van der Waals surface area contributed by atoms with Gasteiger partial charge in [-0.05, 0) is 53.5 Å². The molecule has 0 spiro atoms. The molecule has 5 nitrogen and oxygen atoms in total. The minimum atomic E-state index is -0.640. The lowest BCUT2D eigenvalue weighted by atomic mass is 9.97. The summed E-state index contributed by atoms with van der Waals surface area (Å²) in [6.07, 6.45) is -0.640. The molecule has 0 aliphatic carbocycles. The smallest absolute Gasteiger partial charge is 0.169 e. The van der Waals surface area contributed by atoms with Gasteiger partial charge in [-0.2, -0.15) is 0 Å². The Morgan fingerprint density at radius 2 is 1.26 bits per heavy atom. The molecule has 1 unspecified atom stereocenters. The van der Waals surface area contributed by atoms with E-state index in [4.69, 9.17) is 22.6 Å². The second-order valence-corrected chi connectivity index (χ2v) is 12.1. The van der Waals surface area contributed by atoms with Crippen LogP contribution in [-0.2, 0) is 0 Å². The van der Waals surface area contributed by atoms with E-state index in [0.29, 0.717) is 33.9 Å². The molecule has 1 aliphatic rings. The zero-order valence-corrected chi connectivity index (χ0v) is 26.5. The first-order valence-corrected chi connectivity index (χ1v) is 16.3. The molecule has 5 heteroatoms. The number of amidine groups is 2. The molecular formula is C45H30N4O. The van der Waals surface area contributed by atoms with Gasteiger partial charge in [0.15, 0.2) is 6.17 Å². The number of aliphatic imine (C=N–C) groups is 2. The van der Waals surface area contributed by atoms with Crippen LogP contribution in [0, 0.1) is 0 Å². The van der Waals surface area contributed by atoms with E-state index in [0.717, 1.165) is 33.1 Å². The van der Waals surface area contributed by atoms with Crippen molar-refractivity contribution in [2.24, 2.45) is 9.98 Å². The van der Waals surface area contributed by atoms with Crippen molar-refractivity contribution < 1.29 is 14.0 Å². The fraction of sp³-hybridized carbons (Fsp3) is 0.0222. The van der Waals surface area contributed by atoms with Gasteiger partial charge in [0.2, 0.25) is 0 Å². The number of nitrogens with zero attached hydrogens (tertiary/aromatic N) is 3. The first-order valence-electron chi connectivity index (χ1n) is 19.8. The van der Waals surface area contributed by atoms with Gasteiger partial charge in [0.1, 0.15) is 22.8 Å². The molecule has 0 radical (unpaired) electrons. The highest BCUT2D eigenvalue weighted by atomic mass is 16.3. The number of aromatic nitrogens is 1. The van der Waals surface area contributed by atoms with E-state index in [1.54, 1.807) is 34.9 Å². The Morgan fingerprint density at radius 3 is 2.14 bits per heavy atom. The Balaban J connectivity index is 1.19. The standard InChI is InChI=1S/C45H30N4O/c1-3-13-29(14-4-1)43-46-44(48-45(47-43)32-25-26-36-35-19-8-10-24-40(35)50-41(36)28-32)31-16-11-15-30(27-31)34-21-12-23-39-42(34)37-20-7-9-22-38(37)49(39)33-17-5-2-6-18-33/h1-28,45H,(H,46,47,48)/i7D,9D,12D,20D,21D,22D,23D. The number of furan rings is 1. The third-order valence-corrected chi connectivity index (χ3v) is 9.15. The molecule has 9 aromatic rings. The zero-order valence-electron chi connectivity index (χ0n) is 33.5. The van der Waals surface area contributed by atoms with Gasteiger partial charge >= 0.3 is 0 Å². The molecule has 0 saturated carbocycles. The third-order valence-electron chi connectivity index (χ3n) is 9.15. The average Bonchev–Trinajstić information content (AvgIpc) is 3.81. The molecule has 2 aromatic heterocycles. The van der Waals surface area contributed by atoms with E-state index in [-0.39, 0.29) is 52.2 Å². The highest BCUT2D eigenvalue weighted by Crippen LogP contribution is 2.39. The topological polar surface area (TPSA) is 54.8 Å². The molecule has 3 heterocycles. The molecule has 7 aromatic carbocycles. The van der Waals surface area contributed by atoms with Crippen molar-refractivity contribution in [3.63, 3.8) is 0 Å². The largest absolute Gasteiger partial charge is 0.456 e. The van der Waals surface area contributed by atoms with Crippen molar-refractivity contribution in [2.45, 2.75) is 6.17 Å². The molecule has 0 amide bonds. The molecule has 236 valence electrons. The summed E-state index contributed by atoms with van der Waals surface area (Å²) in [7, 11) is 0. The summed E-state index contributed by atoms with van der Waals surface area (Å²) in [5.74, 6) is 1.12. The highest BCUT2D eigenvalue weighted by molar-refractivity contribution is 6.18. The molecule has 1 aliphatic heterocycles. The molecule has 10 rings (SSSR count). The fourth-order valence-corrected chi connectivity index (χ4v) is 6.84. The maximum atomic E-state index is 9.29. The van der Waals surface area contributed by atoms with Crippen LogP contribution in [0.3, 0.4) is 0 Å². The van der Waals surface area contributed by atoms with Gasteiger partial charge in [0, 0.05) is 43.9 Å². The molecule has 1 atom stereocenters. The van der Waals surface area contributed by atoms with Gasteiger partial charge in [-0.25, -0.2) is 9.98 Å². The summed E-state index contributed by atoms with van der Waals surface area (Å²) in [6.45, 7) is 0. The molecule has 0 bridgehead atoms. The first kappa shape index (κ1) is 22.0. The van der Waals surface area contributed by atoms with Gasteiger partial charge in [-0.3, -0.25) is 0 Å². The van der Waals surface area contributed by atoms with E-state index in [2.05, 4.69) is 5.32 Å². The predicted octanol–water partition coefficient (Wildman–Crippen LogP) is 10.8. The number of para-hydroxylation sites is 3. The van der Waals surface area contributed by atoms with Gasteiger partial charge in [-0.15, -0.1) is 0 Å². The average molecular weight is 650 g/mol. The lowest BCUT2D eigenvalue weighted by molar-refractivity contribution is 0.665. The maximum absolute atomic E-state index is 9.29. The highest BCUT2D eigenvalue weighted by Gasteiger charge is 2.23. The molecule has 1 N–H and O–H groups in total. The van der Waals surface area contributed by atoms with Gasteiger partial charge in [-0.1, -0.05) is 127 Å². The zero-order chi connectivity index (χ0) is 39.1. The molecule has 0 saturated heterocycles. The van der Waals surface area contributed by atoms with Crippen LogP contribution < -0.4 is 5.32 Å². The predicted molar refractivity (Wildman–Crippen MR) is 205 cm³/mol. The monoisotopic (exact) mass is 649 g/mol. The van der Waals surface area contributed by atoms with E-state index >= 15 is 0 Å². The van der Waals surface area contributed by atoms with Gasteiger partial charge in [0.05, 0.1) is 20.6 Å². The molecule has 50 heavy (non-hydrogen) atoms. The Bertz CT molecular complexity index is 3190. The van der Waals surface area contributed by atoms with Crippen molar-refractivity contribution in [1.29, 1.82) is 0 Å². The fourth-order valence-electron chi connectivity index (χ4n) is 6.84. The van der Waals surface area contributed by atoms with Crippen LogP contribution in [0.1, 0.15) is 32.5 Å². The van der Waals surface area contributed by atoms with Crippen LogP contribution in [0.2, 0.25) is 0 Å². The normalized spacial score (nSPS) is 16.6. The second kappa shape index (κ2) is 11.5. The Labute approximate surface area is 298 Å². The number of rotatable bonds is 5. The van der Waals surface area contributed by atoms with Gasteiger partial charge in [0.25, 0.3) is 0 Å². The lowest BCUT2D eigenvalue weighted by Crippen LogP contribution is -2.36. The van der Waals surface area contributed by atoms with Crippen molar-refractivity contribution in [2.75, 3.05) is 0 Å². The van der Waals surface area contributed by atoms with E-state index in [1.807, 2.05) is 97.1 Å². The maximum Gasteiger partial charge on any atom is 0.169 e. The minimum Gasteiger partial charge on any atom is -0.456 e. The van der Waals surface area contributed by atoms with E-state index < -0.39 is 18.3 Å².